The van der Waals surface area contributed by atoms with Crippen molar-refractivity contribution in [2.24, 2.45) is 11.8 Å². The van der Waals surface area contributed by atoms with E-state index in [0.29, 0.717) is 31.0 Å². The van der Waals surface area contributed by atoms with E-state index in [1.54, 1.807) is 11.1 Å². The van der Waals surface area contributed by atoms with Crippen molar-refractivity contribution in [3.63, 3.8) is 0 Å². The summed E-state index contributed by atoms with van der Waals surface area (Å²) < 4.78 is 0. The number of rotatable bonds is 5. The van der Waals surface area contributed by atoms with Gasteiger partial charge in [-0.3, -0.25) is 14.6 Å². The molecule has 5 heteroatoms. The van der Waals surface area contributed by atoms with Crippen LogP contribution in [0, 0.1) is 11.8 Å². The second kappa shape index (κ2) is 7.64. The number of amides is 1. The minimum absolute atomic E-state index is 0.0220. The van der Waals surface area contributed by atoms with Crippen LogP contribution in [0.2, 0.25) is 0 Å². The van der Waals surface area contributed by atoms with E-state index < -0.39 is 0 Å². The summed E-state index contributed by atoms with van der Waals surface area (Å²) in [5, 5.41) is 0. The van der Waals surface area contributed by atoms with Crippen LogP contribution in [0.5, 0.6) is 0 Å². The fraction of sp³-hybridized carbons (Fsp3) is 0.450. The maximum atomic E-state index is 12.8. The molecule has 1 aliphatic heterocycles. The lowest BCUT2D eigenvalue weighted by Gasteiger charge is -2.32. The highest BCUT2D eigenvalue weighted by atomic mass is 16.2. The number of hydrogen-bond acceptors (Lipinski definition) is 3. The molecule has 3 rings (SSSR count). The van der Waals surface area contributed by atoms with Crippen LogP contribution in [-0.2, 0) is 4.79 Å². The van der Waals surface area contributed by atoms with Gasteiger partial charge in [0, 0.05) is 37.8 Å². The molecule has 0 radical (unpaired) electrons. The average molecular weight is 339 g/mol. The van der Waals surface area contributed by atoms with Crippen LogP contribution in [-0.4, -0.2) is 39.6 Å². The smallest absolute Gasteiger partial charge is 0.255 e. The molecule has 1 fully saturated rings. The number of aromatic nitrogens is 2. The molecule has 2 aromatic rings. The quantitative estimate of drug-likeness (QED) is 0.906. The van der Waals surface area contributed by atoms with E-state index in [2.05, 4.69) is 23.8 Å². The summed E-state index contributed by atoms with van der Waals surface area (Å²) in [4.78, 5) is 34.4. The van der Waals surface area contributed by atoms with Gasteiger partial charge in [-0.15, -0.1) is 0 Å². The monoisotopic (exact) mass is 339 g/mol. The van der Waals surface area contributed by atoms with Crippen LogP contribution >= 0.6 is 0 Å². The Morgan fingerprint density at radius 1 is 1.32 bits per heavy atom. The van der Waals surface area contributed by atoms with Crippen molar-refractivity contribution in [2.45, 2.75) is 33.1 Å². The van der Waals surface area contributed by atoms with Crippen LogP contribution in [0.1, 0.15) is 43.5 Å². The molecule has 1 atom stereocenters. The Hall–Kier alpha value is -2.43. The third-order valence-electron chi connectivity index (χ3n) is 4.66. The number of likely N-dealkylation sites (tertiary alicyclic amines) is 1. The van der Waals surface area contributed by atoms with Gasteiger partial charge in [0.1, 0.15) is 5.78 Å². The Morgan fingerprint density at radius 2 is 2.16 bits per heavy atom. The Kier molecular flexibility index (Phi) is 5.31. The van der Waals surface area contributed by atoms with Gasteiger partial charge >= 0.3 is 0 Å². The molecule has 1 N–H and O–H groups in total. The molecular weight excluding hydrogens is 314 g/mol. The molecule has 0 saturated carbocycles. The number of ketones is 1. The molecule has 0 aromatic carbocycles. The van der Waals surface area contributed by atoms with E-state index in [1.807, 2.05) is 30.5 Å². The van der Waals surface area contributed by atoms with Crippen molar-refractivity contribution in [1.82, 2.24) is 14.9 Å². The number of hydrogen-bond donors (Lipinski definition) is 1. The third-order valence-corrected chi connectivity index (χ3v) is 4.66. The zero-order chi connectivity index (χ0) is 17.8. The van der Waals surface area contributed by atoms with Gasteiger partial charge in [-0.1, -0.05) is 13.8 Å². The highest BCUT2D eigenvalue weighted by molar-refractivity contribution is 5.94. The zero-order valence-electron chi connectivity index (χ0n) is 14.9. The lowest BCUT2D eigenvalue weighted by molar-refractivity contribution is -0.124. The first kappa shape index (κ1) is 17.4. The molecule has 1 aliphatic rings. The third kappa shape index (κ3) is 4.16. The Morgan fingerprint density at radius 3 is 2.80 bits per heavy atom. The van der Waals surface area contributed by atoms with Gasteiger partial charge in [-0.25, -0.2) is 0 Å². The molecule has 1 amide bonds. The zero-order valence-corrected chi connectivity index (χ0v) is 14.9. The Labute approximate surface area is 148 Å². The van der Waals surface area contributed by atoms with Crippen LogP contribution in [0.4, 0.5) is 0 Å². The average Bonchev–Trinajstić information content (AvgIpc) is 3.15. The first-order chi connectivity index (χ1) is 12.0. The predicted molar refractivity (Wildman–Crippen MR) is 97.1 cm³/mol. The summed E-state index contributed by atoms with van der Waals surface area (Å²) in [6.45, 7) is 5.35. The van der Waals surface area contributed by atoms with Crippen molar-refractivity contribution in [2.75, 3.05) is 13.1 Å². The topological polar surface area (TPSA) is 66.1 Å². The summed E-state index contributed by atoms with van der Waals surface area (Å²) in [7, 11) is 0. The van der Waals surface area contributed by atoms with E-state index in [4.69, 9.17) is 0 Å². The second-order valence-electron chi connectivity index (χ2n) is 7.17. The van der Waals surface area contributed by atoms with Crippen molar-refractivity contribution >= 4 is 11.7 Å². The first-order valence-electron chi connectivity index (χ1n) is 8.96. The normalized spacial score (nSPS) is 17.7. The van der Waals surface area contributed by atoms with Crippen LogP contribution in [0.25, 0.3) is 11.4 Å². The summed E-state index contributed by atoms with van der Waals surface area (Å²) in [5.74, 6) is 0.592. The molecule has 1 saturated heterocycles. The summed E-state index contributed by atoms with van der Waals surface area (Å²) in [5.41, 5.74) is 2.31. The van der Waals surface area contributed by atoms with E-state index in [9.17, 15) is 9.59 Å². The van der Waals surface area contributed by atoms with Crippen molar-refractivity contribution in [3.8, 4) is 11.4 Å². The van der Waals surface area contributed by atoms with Crippen LogP contribution in [0.3, 0.4) is 0 Å². The van der Waals surface area contributed by atoms with Gasteiger partial charge in [0.05, 0.1) is 17.0 Å². The lowest BCUT2D eigenvalue weighted by atomic mass is 9.89. The molecule has 3 heterocycles. The molecule has 0 aliphatic carbocycles. The molecule has 132 valence electrons. The van der Waals surface area contributed by atoms with Gasteiger partial charge < -0.3 is 9.88 Å². The van der Waals surface area contributed by atoms with E-state index >= 15 is 0 Å². The van der Waals surface area contributed by atoms with Gasteiger partial charge in [0.2, 0.25) is 0 Å². The maximum Gasteiger partial charge on any atom is 0.255 e. The Balaban J connectivity index is 1.67. The highest BCUT2D eigenvalue weighted by Crippen LogP contribution is 2.22. The van der Waals surface area contributed by atoms with E-state index in [-0.39, 0.29) is 17.6 Å². The SMILES string of the molecule is CC(C)CC(=O)C1CCCN(C(=O)c2ccc(-c3ccc[nH]3)nc2)C1. The van der Waals surface area contributed by atoms with Crippen molar-refractivity contribution in [1.29, 1.82) is 0 Å². The Bertz CT molecular complexity index is 720. The van der Waals surface area contributed by atoms with E-state index in [0.717, 1.165) is 24.2 Å². The predicted octanol–water partition coefficient (Wildman–Crippen LogP) is 3.54. The van der Waals surface area contributed by atoms with Gasteiger partial charge in [-0.05, 0) is 43.0 Å². The maximum absolute atomic E-state index is 12.8. The molecule has 2 aromatic heterocycles. The number of carbonyl (C=O) groups excluding carboxylic acids is 2. The van der Waals surface area contributed by atoms with Crippen LogP contribution in [0.15, 0.2) is 36.7 Å². The largest absolute Gasteiger partial charge is 0.360 e. The molecule has 25 heavy (non-hydrogen) atoms. The second-order valence-corrected chi connectivity index (χ2v) is 7.17. The van der Waals surface area contributed by atoms with Crippen molar-refractivity contribution in [3.05, 3.63) is 42.2 Å². The molecule has 0 spiro atoms. The molecular formula is C20H25N3O2. The molecule has 1 unspecified atom stereocenters. The molecule has 5 nitrogen and oxygen atoms in total. The minimum atomic E-state index is -0.0346. The van der Waals surface area contributed by atoms with Gasteiger partial charge in [0.25, 0.3) is 5.91 Å². The number of carbonyl (C=O) groups is 2. The number of aromatic amines is 1. The lowest BCUT2D eigenvalue weighted by Crippen LogP contribution is -2.42. The summed E-state index contributed by atoms with van der Waals surface area (Å²) >= 11 is 0. The minimum Gasteiger partial charge on any atom is -0.360 e. The van der Waals surface area contributed by atoms with E-state index in [1.165, 1.54) is 0 Å². The first-order valence-corrected chi connectivity index (χ1v) is 8.96. The van der Waals surface area contributed by atoms with Crippen LogP contribution < -0.4 is 0 Å². The van der Waals surface area contributed by atoms with Crippen molar-refractivity contribution < 1.29 is 9.59 Å². The standard InChI is InChI=1S/C20H25N3O2/c1-14(2)11-19(24)16-5-4-10-23(13-16)20(25)15-7-8-18(22-12-15)17-6-3-9-21-17/h3,6-9,12,14,16,21H,4-5,10-11,13H2,1-2H3. The fourth-order valence-electron chi connectivity index (χ4n) is 3.35. The number of piperidine rings is 1. The number of nitrogens with one attached hydrogen (secondary N) is 1. The molecule has 0 bridgehead atoms. The van der Waals surface area contributed by atoms with Gasteiger partial charge in [0.15, 0.2) is 0 Å². The van der Waals surface area contributed by atoms with Gasteiger partial charge in [-0.2, -0.15) is 0 Å². The number of Topliss-reactive ketones (excluding diaryl/α,β-unsaturated/α-hetero) is 1. The highest BCUT2D eigenvalue weighted by Gasteiger charge is 2.29. The summed E-state index contributed by atoms with van der Waals surface area (Å²) in [6, 6.07) is 7.52. The number of pyridine rings is 1. The summed E-state index contributed by atoms with van der Waals surface area (Å²) in [6.07, 6.45) is 5.84. The fourth-order valence-corrected chi connectivity index (χ4v) is 3.35. The number of nitrogens with zero attached hydrogens (tertiary/aromatic N) is 2. The number of H-pyrrole nitrogens is 1.